The van der Waals surface area contributed by atoms with Gasteiger partial charge in [0.1, 0.15) is 0 Å². The molecule has 2 radical (unpaired) electrons. The summed E-state index contributed by atoms with van der Waals surface area (Å²) in [5, 5.41) is 0. The Morgan fingerprint density at radius 2 is 0.455 bits per heavy atom. The summed E-state index contributed by atoms with van der Waals surface area (Å²) in [6.45, 7) is 0. The first-order valence-electron chi connectivity index (χ1n) is 1.00. The first-order valence-corrected chi connectivity index (χ1v) is 3.00. The van der Waals surface area contributed by atoms with Crippen LogP contribution in [0.3, 0.4) is 0 Å². The molecule has 0 saturated heterocycles. The van der Waals surface area contributed by atoms with Gasteiger partial charge >= 0.3 is 34.1 Å². The van der Waals surface area contributed by atoms with Gasteiger partial charge in [0.2, 0.25) is 0 Å². The van der Waals surface area contributed by atoms with Crippen LogP contribution in [0.25, 0.3) is 0 Å². The summed E-state index contributed by atoms with van der Waals surface area (Å²) >= 11 is -2.25. The molecule has 0 N–H and O–H groups in total. The summed E-state index contributed by atoms with van der Waals surface area (Å²) in [4.78, 5) is 0. The van der Waals surface area contributed by atoms with E-state index in [4.69, 9.17) is 27.3 Å². The molecule has 0 aromatic rings. The maximum atomic E-state index is 8.29. The standard InChI is InChI=1S/2Fe.3H2O2S/c;;3*1-3-2/h;;3*1-2H/q2*+3;;;/p-6. The second-order valence-corrected chi connectivity index (χ2v) is 0.612. The van der Waals surface area contributed by atoms with Crippen molar-refractivity contribution < 1.29 is 61.5 Å². The molecule has 6 nitrogen and oxygen atoms in total. The maximum absolute atomic E-state index is 8.29. The van der Waals surface area contributed by atoms with Gasteiger partial charge < -0.3 is 64.3 Å². The molecule has 0 atom stereocenters. The van der Waals surface area contributed by atoms with Crippen molar-refractivity contribution in [3.05, 3.63) is 0 Å². The fraction of sp³-hybridized carbons (Fsp3) is 0. The van der Waals surface area contributed by atoms with Gasteiger partial charge in [-0.2, -0.15) is 0 Å². The fourth-order valence-electron chi connectivity index (χ4n) is 0. The quantitative estimate of drug-likeness (QED) is 0.444. The molecule has 0 bridgehead atoms. The fourth-order valence-corrected chi connectivity index (χ4v) is 0. The molecule has 11 heteroatoms. The zero-order valence-corrected chi connectivity index (χ0v) is 9.04. The molecule has 0 aliphatic carbocycles. The van der Waals surface area contributed by atoms with Crippen molar-refractivity contribution in [2.75, 3.05) is 0 Å². The maximum Gasteiger partial charge on any atom is 3.00 e. The zero-order valence-electron chi connectivity index (χ0n) is 4.38. The van der Waals surface area contributed by atoms with Crippen LogP contribution in [0, 0.1) is 0 Å². The van der Waals surface area contributed by atoms with Crippen molar-refractivity contribution in [2.24, 2.45) is 0 Å². The third kappa shape index (κ3) is 336. The van der Waals surface area contributed by atoms with Crippen LogP contribution in [0.5, 0.6) is 0 Å². The summed E-state index contributed by atoms with van der Waals surface area (Å²) in [7, 11) is 0. The van der Waals surface area contributed by atoms with Gasteiger partial charge in [-0.15, -0.1) is 0 Å². The van der Waals surface area contributed by atoms with Gasteiger partial charge in [-0.1, -0.05) is 0 Å². The Bertz CT molecular complexity index is 20.5. The van der Waals surface area contributed by atoms with E-state index in [1.807, 2.05) is 0 Å². The van der Waals surface area contributed by atoms with Gasteiger partial charge in [0.25, 0.3) is 0 Å². The van der Waals surface area contributed by atoms with Crippen molar-refractivity contribution in [1.29, 1.82) is 0 Å². The second kappa shape index (κ2) is 59.3. The molecule has 0 heterocycles. The molecule has 70 valence electrons. The summed E-state index contributed by atoms with van der Waals surface area (Å²) in [6.07, 6.45) is 0. The molecule has 0 amide bonds. The zero-order chi connectivity index (χ0) is 8.12. The van der Waals surface area contributed by atoms with Gasteiger partial charge in [0, 0.05) is 0 Å². The summed E-state index contributed by atoms with van der Waals surface area (Å²) in [6, 6.07) is 0. The minimum atomic E-state index is -0.750. The molecular weight excluding hydrogens is 304 g/mol. The Kier molecular flexibility index (Phi) is 158. The molecule has 0 aliphatic heterocycles. The summed E-state index contributed by atoms with van der Waals surface area (Å²) in [5.41, 5.74) is 0. The molecular formula is Fe2O6S3. The number of rotatable bonds is 0. The Hall–Kier alpha value is 1.85. The van der Waals surface area contributed by atoms with E-state index in [2.05, 4.69) is 0 Å². The van der Waals surface area contributed by atoms with E-state index in [9.17, 15) is 0 Å². The average molecular weight is 304 g/mol. The first kappa shape index (κ1) is 29.3. The third-order valence-electron chi connectivity index (χ3n) is 0. The van der Waals surface area contributed by atoms with Gasteiger partial charge in [-0.25, -0.2) is 0 Å². The second-order valence-electron chi connectivity index (χ2n) is 0.204. The monoisotopic (exact) mass is 304 g/mol. The minimum absolute atomic E-state index is 0. The molecule has 0 saturated carbocycles. The molecule has 0 spiro atoms. The van der Waals surface area contributed by atoms with Crippen molar-refractivity contribution in [1.82, 2.24) is 0 Å². The van der Waals surface area contributed by atoms with Crippen LogP contribution in [0.2, 0.25) is 0 Å². The molecule has 0 fully saturated rings. The minimum Gasteiger partial charge on any atom is -0.811 e. The molecule has 0 rings (SSSR count). The van der Waals surface area contributed by atoms with E-state index in [-0.39, 0.29) is 34.1 Å². The Morgan fingerprint density at radius 3 is 0.455 bits per heavy atom. The van der Waals surface area contributed by atoms with Gasteiger partial charge in [0.15, 0.2) is 0 Å². The van der Waals surface area contributed by atoms with Gasteiger partial charge in [-0.3, -0.25) is 0 Å². The van der Waals surface area contributed by atoms with Crippen LogP contribution in [0.15, 0.2) is 0 Å². The molecule has 0 aromatic heterocycles. The third-order valence-corrected chi connectivity index (χ3v) is 0. The van der Waals surface area contributed by atoms with Gasteiger partial charge in [0.05, 0.1) is 0 Å². The van der Waals surface area contributed by atoms with Crippen LogP contribution < -0.4 is 0 Å². The predicted octanol–water partition coefficient (Wildman–Crippen LogP) is -0.0638. The first-order chi connectivity index (χ1) is 4.24. The summed E-state index contributed by atoms with van der Waals surface area (Å²) < 4.78 is 49.7. The van der Waals surface area contributed by atoms with Crippen LogP contribution in [0.4, 0.5) is 0 Å². The van der Waals surface area contributed by atoms with Crippen molar-refractivity contribution in [3.8, 4) is 0 Å². The van der Waals surface area contributed by atoms with E-state index in [1.54, 1.807) is 0 Å². The SMILES string of the molecule is [Fe+3].[Fe+3].[O-]S[O-].[O-]S[O-].[O-]S[O-]. The normalized spacial score (nSPS) is 4.91. The topological polar surface area (TPSA) is 138 Å². The Labute approximate surface area is 98.0 Å². The predicted molar refractivity (Wildman–Crippen MR) is 27.4 cm³/mol. The summed E-state index contributed by atoms with van der Waals surface area (Å²) in [5.74, 6) is 0. The van der Waals surface area contributed by atoms with Crippen molar-refractivity contribution >= 4 is 37.0 Å². The Morgan fingerprint density at radius 1 is 0.455 bits per heavy atom. The van der Waals surface area contributed by atoms with Crippen LogP contribution in [-0.4, -0.2) is 27.3 Å². The number of hydrogen-bond acceptors (Lipinski definition) is 9. The molecule has 0 aliphatic rings. The van der Waals surface area contributed by atoms with E-state index in [0.717, 1.165) is 0 Å². The van der Waals surface area contributed by atoms with Crippen molar-refractivity contribution in [2.45, 2.75) is 0 Å². The molecule has 11 heavy (non-hydrogen) atoms. The molecule has 0 aromatic carbocycles. The largest absolute Gasteiger partial charge is 3.00 e. The van der Waals surface area contributed by atoms with Crippen LogP contribution >= 0.6 is 37.0 Å². The van der Waals surface area contributed by atoms with E-state index >= 15 is 0 Å². The van der Waals surface area contributed by atoms with Crippen LogP contribution in [-0.2, 0) is 34.1 Å². The average Bonchev–Trinajstić information content (AvgIpc) is 1.70. The van der Waals surface area contributed by atoms with Crippen molar-refractivity contribution in [3.63, 3.8) is 0 Å². The van der Waals surface area contributed by atoms with E-state index in [0.29, 0.717) is 0 Å². The smallest absolute Gasteiger partial charge is 0.811 e. The molecule has 0 unspecified atom stereocenters. The van der Waals surface area contributed by atoms with Crippen LogP contribution in [0.1, 0.15) is 0 Å². The van der Waals surface area contributed by atoms with Gasteiger partial charge in [-0.05, 0) is 0 Å². The Balaban J connectivity index is -0.0000000150. The van der Waals surface area contributed by atoms with E-state index in [1.165, 1.54) is 0 Å². The number of hydrogen-bond donors (Lipinski definition) is 0. The van der Waals surface area contributed by atoms with E-state index < -0.39 is 37.0 Å².